The average molecular weight is 416 g/mol. The van der Waals surface area contributed by atoms with Crippen molar-refractivity contribution >= 4 is 21.9 Å². The van der Waals surface area contributed by atoms with E-state index in [9.17, 15) is 18.0 Å². The summed E-state index contributed by atoms with van der Waals surface area (Å²) in [5, 5.41) is 0. The summed E-state index contributed by atoms with van der Waals surface area (Å²) < 4.78 is 32.9. The van der Waals surface area contributed by atoms with Gasteiger partial charge in [-0.3, -0.25) is 4.79 Å². The van der Waals surface area contributed by atoms with Crippen LogP contribution in [0.2, 0.25) is 0 Å². The molecule has 1 aliphatic rings. The van der Waals surface area contributed by atoms with E-state index >= 15 is 0 Å². The smallest absolute Gasteiger partial charge is 0.343 e. The number of carbonyl (C=O) groups excluding carboxylic acids is 2. The van der Waals surface area contributed by atoms with Gasteiger partial charge >= 0.3 is 5.97 Å². The first-order chi connectivity index (χ1) is 13.7. The Bertz CT molecular complexity index is 1010. The van der Waals surface area contributed by atoms with E-state index in [0.29, 0.717) is 18.7 Å². The van der Waals surface area contributed by atoms with Gasteiger partial charge in [0.1, 0.15) is 5.75 Å². The molecule has 1 heterocycles. The second-order valence-corrected chi connectivity index (χ2v) is 9.51. The maximum absolute atomic E-state index is 13.0. The van der Waals surface area contributed by atoms with Gasteiger partial charge in [-0.2, -0.15) is 4.31 Å². The van der Waals surface area contributed by atoms with E-state index in [-0.39, 0.29) is 28.0 Å². The van der Waals surface area contributed by atoms with Crippen molar-refractivity contribution in [2.45, 2.75) is 25.2 Å². The van der Waals surface area contributed by atoms with Gasteiger partial charge in [-0.05, 0) is 60.7 Å². The number of esters is 1. The van der Waals surface area contributed by atoms with Crippen LogP contribution in [0.3, 0.4) is 0 Å². The zero-order chi connectivity index (χ0) is 21.2. The number of benzene rings is 2. The minimum atomic E-state index is -3.70. The minimum Gasteiger partial charge on any atom is -0.423 e. The number of ether oxygens (including phenoxy) is 1. The summed E-state index contributed by atoms with van der Waals surface area (Å²) in [5.41, 5.74) is 5.61. The molecule has 0 aromatic heterocycles. The topological polar surface area (TPSA) is 107 Å². The molecule has 2 atom stereocenters. The molecule has 2 unspecified atom stereocenters. The van der Waals surface area contributed by atoms with Crippen molar-refractivity contribution in [3.05, 3.63) is 59.7 Å². The summed E-state index contributed by atoms with van der Waals surface area (Å²) in [7, 11) is -3.70. The van der Waals surface area contributed by atoms with Crippen molar-refractivity contribution in [3.8, 4) is 5.75 Å². The highest BCUT2D eigenvalue weighted by Gasteiger charge is 2.32. The standard InChI is InChI=1S/C21H24N2O5S/c1-14-10-15(2)13-23(12-14)29(26,27)19-5-3-4-17(11-19)21(25)28-18-8-6-16(7-9-18)20(22)24/h3-9,11,14-15H,10,12-13H2,1-2H3,(H2,22,24). The highest BCUT2D eigenvalue weighted by atomic mass is 32.2. The molecular weight excluding hydrogens is 392 g/mol. The van der Waals surface area contributed by atoms with Gasteiger partial charge in [0.15, 0.2) is 0 Å². The normalized spacial score (nSPS) is 20.2. The van der Waals surface area contributed by atoms with Gasteiger partial charge in [-0.15, -0.1) is 0 Å². The Morgan fingerprint density at radius 1 is 1.00 bits per heavy atom. The van der Waals surface area contributed by atoms with E-state index in [0.717, 1.165) is 6.42 Å². The Morgan fingerprint density at radius 2 is 1.62 bits per heavy atom. The van der Waals surface area contributed by atoms with Gasteiger partial charge < -0.3 is 10.5 Å². The van der Waals surface area contributed by atoms with Gasteiger partial charge in [0, 0.05) is 18.7 Å². The molecule has 1 amide bonds. The first-order valence-electron chi connectivity index (χ1n) is 9.39. The number of piperidine rings is 1. The van der Waals surface area contributed by atoms with Gasteiger partial charge in [-0.25, -0.2) is 13.2 Å². The van der Waals surface area contributed by atoms with E-state index in [1.54, 1.807) is 0 Å². The van der Waals surface area contributed by atoms with Crippen LogP contribution in [-0.4, -0.2) is 37.7 Å². The third kappa shape index (κ3) is 4.83. The highest BCUT2D eigenvalue weighted by molar-refractivity contribution is 7.89. The Labute approximate surface area is 170 Å². The van der Waals surface area contributed by atoms with E-state index in [4.69, 9.17) is 10.5 Å². The quantitative estimate of drug-likeness (QED) is 0.596. The Kier molecular flexibility index (Phi) is 6.04. The Hall–Kier alpha value is -2.71. The molecule has 29 heavy (non-hydrogen) atoms. The van der Waals surface area contributed by atoms with E-state index in [1.807, 2.05) is 13.8 Å². The van der Waals surface area contributed by atoms with Gasteiger partial charge in [0.25, 0.3) is 0 Å². The predicted molar refractivity (Wildman–Crippen MR) is 108 cm³/mol. The van der Waals surface area contributed by atoms with Crippen molar-refractivity contribution in [1.82, 2.24) is 4.31 Å². The van der Waals surface area contributed by atoms with Crippen LogP contribution in [-0.2, 0) is 10.0 Å². The molecule has 3 rings (SSSR count). The molecule has 0 spiro atoms. The van der Waals surface area contributed by atoms with Crippen molar-refractivity contribution in [1.29, 1.82) is 0 Å². The van der Waals surface area contributed by atoms with Crippen LogP contribution in [0.5, 0.6) is 5.75 Å². The number of nitrogens with zero attached hydrogens (tertiary/aromatic N) is 1. The number of rotatable bonds is 5. The lowest BCUT2D eigenvalue weighted by Gasteiger charge is -2.34. The average Bonchev–Trinajstić information content (AvgIpc) is 2.67. The van der Waals surface area contributed by atoms with Crippen LogP contribution in [0.25, 0.3) is 0 Å². The van der Waals surface area contributed by atoms with Gasteiger partial charge in [-0.1, -0.05) is 19.9 Å². The SMILES string of the molecule is CC1CC(C)CN(S(=O)(=O)c2cccc(C(=O)Oc3ccc(C(N)=O)cc3)c2)C1. The lowest BCUT2D eigenvalue weighted by molar-refractivity contribution is 0.0734. The maximum Gasteiger partial charge on any atom is 0.343 e. The predicted octanol–water partition coefficient (Wildman–Crippen LogP) is 2.67. The molecular formula is C21H24N2O5S. The number of amides is 1. The van der Waals surface area contributed by atoms with Crippen LogP contribution in [0.4, 0.5) is 0 Å². The number of carbonyl (C=O) groups is 2. The fraction of sp³-hybridized carbons (Fsp3) is 0.333. The van der Waals surface area contributed by atoms with E-state index < -0.39 is 21.9 Å². The lowest BCUT2D eigenvalue weighted by Crippen LogP contribution is -2.42. The number of sulfonamides is 1. The zero-order valence-corrected chi connectivity index (χ0v) is 17.2. The molecule has 2 aromatic rings. The summed E-state index contributed by atoms with van der Waals surface area (Å²) in [6.07, 6.45) is 0.993. The summed E-state index contributed by atoms with van der Waals surface area (Å²) in [5.74, 6) is -0.474. The molecule has 1 aliphatic heterocycles. The third-order valence-electron chi connectivity index (χ3n) is 4.89. The first-order valence-corrected chi connectivity index (χ1v) is 10.8. The van der Waals surface area contributed by atoms with Gasteiger partial charge in [0.2, 0.25) is 15.9 Å². The molecule has 8 heteroatoms. The fourth-order valence-corrected chi connectivity index (χ4v) is 5.31. The summed E-state index contributed by atoms with van der Waals surface area (Å²) in [4.78, 5) is 23.6. The van der Waals surface area contributed by atoms with Crippen LogP contribution < -0.4 is 10.5 Å². The van der Waals surface area contributed by atoms with Crippen LogP contribution in [0.1, 0.15) is 41.0 Å². The van der Waals surface area contributed by atoms with E-state index in [1.165, 1.54) is 52.8 Å². The molecule has 2 N–H and O–H groups in total. The second kappa shape index (κ2) is 8.34. The molecule has 1 saturated heterocycles. The lowest BCUT2D eigenvalue weighted by atomic mass is 9.94. The van der Waals surface area contributed by atoms with Crippen molar-refractivity contribution in [2.24, 2.45) is 17.6 Å². The maximum atomic E-state index is 13.0. The zero-order valence-electron chi connectivity index (χ0n) is 16.4. The van der Waals surface area contributed by atoms with Crippen molar-refractivity contribution in [2.75, 3.05) is 13.1 Å². The van der Waals surface area contributed by atoms with E-state index in [2.05, 4.69) is 0 Å². The molecule has 2 aromatic carbocycles. The Morgan fingerprint density at radius 3 is 2.21 bits per heavy atom. The first kappa shape index (κ1) is 21.0. The number of primary amides is 1. The monoisotopic (exact) mass is 416 g/mol. The molecule has 0 bridgehead atoms. The van der Waals surface area contributed by atoms with Crippen LogP contribution >= 0.6 is 0 Å². The third-order valence-corrected chi connectivity index (χ3v) is 6.72. The van der Waals surface area contributed by atoms with Crippen molar-refractivity contribution in [3.63, 3.8) is 0 Å². The Balaban J connectivity index is 1.79. The number of hydrogen-bond donors (Lipinski definition) is 1. The van der Waals surface area contributed by atoms with Crippen LogP contribution in [0, 0.1) is 11.8 Å². The second-order valence-electron chi connectivity index (χ2n) is 7.57. The molecule has 0 aliphatic carbocycles. The van der Waals surface area contributed by atoms with Crippen molar-refractivity contribution < 1.29 is 22.7 Å². The molecule has 1 fully saturated rings. The summed E-state index contributed by atoms with van der Waals surface area (Å²) in [6.45, 7) is 5.01. The largest absolute Gasteiger partial charge is 0.423 e. The minimum absolute atomic E-state index is 0.0670. The fourth-order valence-electron chi connectivity index (χ4n) is 3.59. The summed E-state index contributed by atoms with van der Waals surface area (Å²) >= 11 is 0. The molecule has 154 valence electrons. The summed E-state index contributed by atoms with van der Waals surface area (Å²) in [6, 6.07) is 11.6. The molecule has 7 nitrogen and oxygen atoms in total. The highest BCUT2D eigenvalue weighted by Crippen LogP contribution is 2.27. The molecule has 0 saturated carbocycles. The van der Waals surface area contributed by atoms with Gasteiger partial charge in [0.05, 0.1) is 10.5 Å². The molecule has 0 radical (unpaired) electrons. The number of hydrogen-bond acceptors (Lipinski definition) is 5. The number of nitrogens with two attached hydrogens (primary N) is 1. The van der Waals surface area contributed by atoms with Crippen LogP contribution in [0.15, 0.2) is 53.4 Å².